The molecular weight excluding hydrogens is 312 g/mol. The number of aromatic nitrogens is 2. The second kappa shape index (κ2) is 6.44. The predicted molar refractivity (Wildman–Crippen MR) is 80.1 cm³/mol. The molecule has 5 heteroatoms. The summed E-state index contributed by atoms with van der Waals surface area (Å²) in [6, 6.07) is 0. The molecule has 1 fully saturated rings. The largest absolute Gasteiger partial charge is 0.392 e. The molecule has 1 saturated heterocycles. The van der Waals surface area contributed by atoms with Crippen LogP contribution in [0, 0.1) is 6.92 Å². The molecule has 1 aliphatic rings. The van der Waals surface area contributed by atoms with Crippen LogP contribution in [0.5, 0.6) is 0 Å². The van der Waals surface area contributed by atoms with Crippen molar-refractivity contribution in [3.05, 3.63) is 15.9 Å². The van der Waals surface area contributed by atoms with Gasteiger partial charge < -0.3 is 5.11 Å². The molecule has 0 aliphatic carbocycles. The van der Waals surface area contributed by atoms with Gasteiger partial charge in [-0.2, -0.15) is 16.9 Å². The fourth-order valence-electron chi connectivity index (χ4n) is 2.46. The van der Waals surface area contributed by atoms with Crippen LogP contribution in [0.2, 0.25) is 0 Å². The number of halogens is 1. The van der Waals surface area contributed by atoms with Crippen molar-refractivity contribution in [1.29, 1.82) is 0 Å². The van der Waals surface area contributed by atoms with Gasteiger partial charge in [0.2, 0.25) is 0 Å². The number of aryl methyl sites for hydroxylation is 2. The highest BCUT2D eigenvalue weighted by atomic mass is 79.9. The molecule has 3 nitrogen and oxygen atoms in total. The number of hydrogen-bond donors (Lipinski definition) is 1. The molecule has 2 unspecified atom stereocenters. The lowest BCUT2D eigenvalue weighted by Gasteiger charge is -2.26. The fraction of sp³-hybridized carbons (Fsp3) is 0.769. The second-order valence-corrected chi connectivity index (χ2v) is 6.98. The van der Waals surface area contributed by atoms with E-state index >= 15 is 0 Å². The van der Waals surface area contributed by atoms with Crippen molar-refractivity contribution < 1.29 is 5.11 Å². The summed E-state index contributed by atoms with van der Waals surface area (Å²) < 4.78 is 3.06. The molecule has 0 radical (unpaired) electrons. The quantitative estimate of drug-likeness (QED) is 0.920. The third kappa shape index (κ3) is 3.11. The maximum Gasteiger partial charge on any atom is 0.0738 e. The van der Waals surface area contributed by atoms with E-state index in [0.29, 0.717) is 11.7 Å². The normalized spacial score (nSPS) is 22.1. The molecule has 1 aromatic rings. The first kappa shape index (κ1) is 14.4. The Morgan fingerprint density at radius 2 is 2.33 bits per heavy atom. The van der Waals surface area contributed by atoms with Crippen molar-refractivity contribution in [3.8, 4) is 0 Å². The van der Waals surface area contributed by atoms with Crippen LogP contribution < -0.4 is 0 Å². The third-order valence-corrected chi connectivity index (χ3v) is 6.03. The highest BCUT2D eigenvalue weighted by molar-refractivity contribution is 9.10. The van der Waals surface area contributed by atoms with E-state index in [4.69, 9.17) is 0 Å². The molecule has 0 aromatic carbocycles. The van der Waals surface area contributed by atoms with Crippen LogP contribution in [-0.4, -0.2) is 32.0 Å². The number of thioether (sulfide) groups is 1. The smallest absolute Gasteiger partial charge is 0.0738 e. The van der Waals surface area contributed by atoms with Crippen LogP contribution in [-0.2, 0) is 13.0 Å². The number of aliphatic hydroxyl groups excluding tert-OH is 1. The van der Waals surface area contributed by atoms with Gasteiger partial charge in [0.1, 0.15) is 0 Å². The van der Waals surface area contributed by atoms with Gasteiger partial charge in [-0.3, -0.25) is 4.68 Å². The molecule has 1 N–H and O–H groups in total. The third-order valence-electron chi connectivity index (χ3n) is 3.50. The minimum absolute atomic E-state index is 0.256. The van der Waals surface area contributed by atoms with E-state index in [1.165, 1.54) is 18.6 Å². The number of hydrogen-bond acceptors (Lipinski definition) is 3. The van der Waals surface area contributed by atoms with E-state index < -0.39 is 0 Å². The van der Waals surface area contributed by atoms with Gasteiger partial charge in [0, 0.05) is 18.2 Å². The molecule has 0 amide bonds. The average molecular weight is 333 g/mol. The van der Waals surface area contributed by atoms with E-state index in [-0.39, 0.29) is 6.10 Å². The topological polar surface area (TPSA) is 38.0 Å². The Bertz CT molecular complexity index is 402. The number of rotatable bonds is 4. The maximum atomic E-state index is 10.4. The fourth-order valence-corrected chi connectivity index (χ4v) is 4.23. The van der Waals surface area contributed by atoms with Crippen molar-refractivity contribution in [2.45, 2.75) is 57.4 Å². The Labute approximate surface area is 121 Å². The Kier molecular flexibility index (Phi) is 5.15. The van der Waals surface area contributed by atoms with Crippen LogP contribution in [0.4, 0.5) is 0 Å². The highest BCUT2D eigenvalue weighted by Gasteiger charge is 2.25. The molecule has 0 saturated carbocycles. The van der Waals surface area contributed by atoms with Crippen LogP contribution in [0.3, 0.4) is 0 Å². The van der Waals surface area contributed by atoms with Crippen LogP contribution >= 0.6 is 27.7 Å². The molecule has 2 heterocycles. The zero-order valence-corrected chi connectivity index (χ0v) is 13.4. The van der Waals surface area contributed by atoms with Gasteiger partial charge in [0.05, 0.1) is 22.0 Å². The first-order valence-corrected chi connectivity index (χ1v) is 8.49. The van der Waals surface area contributed by atoms with Crippen LogP contribution in [0.25, 0.3) is 0 Å². The summed E-state index contributed by atoms with van der Waals surface area (Å²) in [5.41, 5.74) is 2.14. The number of nitrogens with zero attached hydrogens (tertiary/aromatic N) is 2. The SMILES string of the molecule is CCn1nc(C)c(Br)c1CC(O)C1CCCCS1. The van der Waals surface area contributed by atoms with Crippen molar-refractivity contribution in [2.75, 3.05) is 5.75 Å². The van der Waals surface area contributed by atoms with Crippen LogP contribution in [0.1, 0.15) is 37.6 Å². The second-order valence-electron chi connectivity index (χ2n) is 4.84. The Morgan fingerprint density at radius 1 is 1.56 bits per heavy atom. The summed E-state index contributed by atoms with van der Waals surface area (Å²) in [5.74, 6) is 1.19. The van der Waals surface area contributed by atoms with Crippen molar-refractivity contribution in [3.63, 3.8) is 0 Å². The molecule has 102 valence electrons. The average Bonchev–Trinajstić information content (AvgIpc) is 2.67. The molecule has 2 rings (SSSR count). The number of aliphatic hydroxyl groups is 1. The molecular formula is C13H21BrN2OS. The molecule has 1 aliphatic heterocycles. The highest BCUT2D eigenvalue weighted by Crippen LogP contribution is 2.30. The molecule has 2 atom stereocenters. The van der Waals surface area contributed by atoms with E-state index in [1.807, 2.05) is 23.4 Å². The van der Waals surface area contributed by atoms with Gasteiger partial charge in [-0.15, -0.1) is 0 Å². The first-order chi connectivity index (χ1) is 8.63. The van der Waals surface area contributed by atoms with E-state index in [9.17, 15) is 5.11 Å². The van der Waals surface area contributed by atoms with Crippen molar-refractivity contribution >= 4 is 27.7 Å². The Morgan fingerprint density at radius 3 is 2.94 bits per heavy atom. The lowest BCUT2D eigenvalue weighted by Crippen LogP contribution is -2.29. The van der Waals surface area contributed by atoms with E-state index in [0.717, 1.165) is 28.8 Å². The van der Waals surface area contributed by atoms with Gasteiger partial charge in [-0.1, -0.05) is 6.42 Å². The lowest BCUT2D eigenvalue weighted by atomic mass is 10.0. The Balaban J connectivity index is 2.08. The summed E-state index contributed by atoms with van der Waals surface area (Å²) in [7, 11) is 0. The van der Waals surface area contributed by atoms with Gasteiger partial charge >= 0.3 is 0 Å². The van der Waals surface area contributed by atoms with Gasteiger partial charge in [0.15, 0.2) is 0 Å². The summed E-state index contributed by atoms with van der Waals surface area (Å²) in [6.07, 6.45) is 4.13. The summed E-state index contributed by atoms with van der Waals surface area (Å²) >= 11 is 5.51. The molecule has 1 aromatic heterocycles. The van der Waals surface area contributed by atoms with E-state index in [2.05, 4.69) is 28.0 Å². The Hall–Kier alpha value is -0.0000000000000000555. The van der Waals surface area contributed by atoms with Crippen molar-refractivity contribution in [2.24, 2.45) is 0 Å². The van der Waals surface area contributed by atoms with Crippen molar-refractivity contribution in [1.82, 2.24) is 9.78 Å². The van der Waals surface area contributed by atoms with E-state index in [1.54, 1.807) is 0 Å². The van der Waals surface area contributed by atoms with Gasteiger partial charge in [-0.25, -0.2) is 0 Å². The minimum Gasteiger partial charge on any atom is -0.392 e. The summed E-state index contributed by atoms with van der Waals surface area (Å²) in [5, 5.41) is 15.3. The summed E-state index contributed by atoms with van der Waals surface area (Å²) in [4.78, 5) is 0. The lowest BCUT2D eigenvalue weighted by molar-refractivity contribution is 0.163. The zero-order chi connectivity index (χ0) is 13.1. The predicted octanol–water partition coefficient (Wildman–Crippen LogP) is 3.16. The summed E-state index contributed by atoms with van der Waals surface area (Å²) in [6.45, 7) is 4.94. The van der Waals surface area contributed by atoms with Crippen LogP contribution in [0.15, 0.2) is 4.47 Å². The monoisotopic (exact) mass is 332 g/mol. The molecule has 0 bridgehead atoms. The maximum absolute atomic E-state index is 10.4. The van der Waals surface area contributed by atoms with Gasteiger partial charge in [0.25, 0.3) is 0 Å². The minimum atomic E-state index is -0.256. The van der Waals surface area contributed by atoms with Gasteiger partial charge in [-0.05, 0) is 48.4 Å². The zero-order valence-electron chi connectivity index (χ0n) is 11.0. The standard InChI is InChI=1S/C13H21BrN2OS/c1-3-16-10(13(14)9(2)15-16)8-11(17)12-6-4-5-7-18-12/h11-12,17H,3-8H2,1-2H3. The molecule has 0 spiro atoms. The first-order valence-electron chi connectivity index (χ1n) is 6.65. The molecule has 18 heavy (non-hydrogen) atoms.